The van der Waals surface area contributed by atoms with Gasteiger partial charge in [-0.1, -0.05) is 18.2 Å². The van der Waals surface area contributed by atoms with Crippen molar-refractivity contribution in [1.82, 2.24) is 14.9 Å². The maximum Gasteiger partial charge on any atom is 0.316 e. The summed E-state index contributed by atoms with van der Waals surface area (Å²) in [5.41, 5.74) is -0.298. The maximum atomic E-state index is 12.4. The molecule has 142 valence electrons. The Bertz CT molecular complexity index is 750. The molecule has 3 heterocycles. The molecule has 2 aliphatic heterocycles. The lowest BCUT2D eigenvalue weighted by Gasteiger charge is -2.52. The lowest BCUT2D eigenvalue weighted by Crippen LogP contribution is -2.67. The van der Waals surface area contributed by atoms with E-state index in [2.05, 4.69) is 9.97 Å². The molecule has 2 aliphatic rings. The summed E-state index contributed by atoms with van der Waals surface area (Å²) in [5.74, 6) is 0.874. The molecule has 1 unspecified atom stereocenters. The van der Waals surface area contributed by atoms with E-state index in [0.717, 1.165) is 18.6 Å². The second kappa shape index (κ2) is 7.92. The number of hydrogen-bond acceptors (Lipinski definition) is 6. The minimum atomic E-state index is -0.298. The molecule has 0 saturated carbocycles. The number of benzene rings is 1. The van der Waals surface area contributed by atoms with Gasteiger partial charge in [-0.2, -0.15) is 0 Å². The predicted octanol–water partition coefficient (Wildman–Crippen LogP) is 2.08. The third-order valence-corrected chi connectivity index (χ3v) is 4.90. The topological polar surface area (TPSA) is 73.8 Å². The molecule has 1 atom stereocenters. The number of carbonyl (C=O) groups is 1. The van der Waals surface area contributed by atoms with Gasteiger partial charge < -0.3 is 19.1 Å². The van der Waals surface area contributed by atoms with Gasteiger partial charge in [0.05, 0.1) is 32.7 Å². The van der Waals surface area contributed by atoms with Crippen LogP contribution in [0.5, 0.6) is 11.8 Å². The summed E-state index contributed by atoms with van der Waals surface area (Å²) in [4.78, 5) is 22.4. The summed E-state index contributed by atoms with van der Waals surface area (Å²) in [6.07, 6.45) is 5.26. The number of aromatic nitrogens is 2. The summed E-state index contributed by atoms with van der Waals surface area (Å²) in [7, 11) is 0. The van der Waals surface area contributed by atoms with Crippen molar-refractivity contribution in [2.45, 2.75) is 31.0 Å². The molecule has 0 radical (unpaired) electrons. The highest BCUT2D eigenvalue weighted by Crippen LogP contribution is 2.35. The summed E-state index contributed by atoms with van der Waals surface area (Å²) in [6.45, 7) is 2.21. The third-order valence-electron chi connectivity index (χ3n) is 4.90. The fourth-order valence-electron chi connectivity index (χ4n) is 3.56. The number of carbonyl (C=O) groups excluding carboxylic acids is 1. The molecule has 2 fully saturated rings. The second-order valence-electron chi connectivity index (χ2n) is 6.96. The molecule has 1 amide bonds. The Balaban J connectivity index is 1.22. The van der Waals surface area contributed by atoms with E-state index in [1.54, 1.807) is 18.5 Å². The SMILES string of the molecule is O=C(CCOc1ccccc1)N1CC2(CC(Oc3ncccn3)CCO2)C1. The number of rotatable bonds is 6. The molecule has 1 aromatic carbocycles. The van der Waals surface area contributed by atoms with Gasteiger partial charge in [0, 0.05) is 25.2 Å². The Morgan fingerprint density at radius 3 is 2.74 bits per heavy atom. The van der Waals surface area contributed by atoms with E-state index in [1.165, 1.54) is 0 Å². The Kier molecular flexibility index (Phi) is 5.20. The van der Waals surface area contributed by atoms with Crippen LogP contribution in [0.2, 0.25) is 0 Å². The molecule has 0 N–H and O–H groups in total. The van der Waals surface area contributed by atoms with Crippen molar-refractivity contribution in [3.63, 3.8) is 0 Å². The van der Waals surface area contributed by atoms with Gasteiger partial charge in [0.25, 0.3) is 0 Å². The first-order chi connectivity index (χ1) is 13.2. The highest BCUT2D eigenvalue weighted by molar-refractivity contribution is 5.77. The van der Waals surface area contributed by atoms with Crippen molar-refractivity contribution in [2.75, 3.05) is 26.3 Å². The highest BCUT2D eigenvalue weighted by Gasteiger charge is 2.49. The largest absolute Gasteiger partial charge is 0.493 e. The van der Waals surface area contributed by atoms with Gasteiger partial charge in [0.1, 0.15) is 17.5 Å². The van der Waals surface area contributed by atoms with Crippen LogP contribution in [0.4, 0.5) is 0 Å². The number of hydrogen-bond donors (Lipinski definition) is 0. The smallest absolute Gasteiger partial charge is 0.316 e. The van der Waals surface area contributed by atoms with E-state index in [-0.39, 0.29) is 17.6 Å². The van der Waals surface area contributed by atoms with Crippen molar-refractivity contribution in [3.05, 3.63) is 48.8 Å². The van der Waals surface area contributed by atoms with Crippen LogP contribution in [0, 0.1) is 0 Å². The molecular formula is C20H23N3O4. The predicted molar refractivity (Wildman–Crippen MR) is 97.5 cm³/mol. The van der Waals surface area contributed by atoms with E-state index >= 15 is 0 Å². The number of amides is 1. The van der Waals surface area contributed by atoms with Crippen LogP contribution in [-0.2, 0) is 9.53 Å². The zero-order valence-corrected chi connectivity index (χ0v) is 15.1. The second-order valence-corrected chi connectivity index (χ2v) is 6.96. The molecule has 4 rings (SSSR count). The first-order valence-corrected chi connectivity index (χ1v) is 9.26. The van der Waals surface area contributed by atoms with E-state index < -0.39 is 0 Å². The maximum absolute atomic E-state index is 12.4. The van der Waals surface area contributed by atoms with Gasteiger partial charge in [-0.05, 0) is 18.2 Å². The molecule has 2 saturated heterocycles. The van der Waals surface area contributed by atoms with Gasteiger partial charge in [0.2, 0.25) is 5.91 Å². The zero-order valence-electron chi connectivity index (χ0n) is 15.1. The Labute approximate surface area is 158 Å². The van der Waals surface area contributed by atoms with E-state index in [9.17, 15) is 4.79 Å². The van der Waals surface area contributed by atoms with Crippen LogP contribution in [0.15, 0.2) is 48.8 Å². The van der Waals surface area contributed by atoms with E-state index in [4.69, 9.17) is 14.2 Å². The Morgan fingerprint density at radius 2 is 1.96 bits per heavy atom. The summed E-state index contributed by atoms with van der Waals surface area (Å²) in [5, 5.41) is 0. The number of ether oxygens (including phenoxy) is 3. The molecule has 0 bridgehead atoms. The minimum Gasteiger partial charge on any atom is -0.493 e. The fourth-order valence-corrected chi connectivity index (χ4v) is 3.56. The van der Waals surface area contributed by atoms with Crippen LogP contribution in [0.3, 0.4) is 0 Å². The lowest BCUT2D eigenvalue weighted by molar-refractivity contribution is -0.193. The van der Waals surface area contributed by atoms with Crippen LogP contribution < -0.4 is 9.47 Å². The van der Waals surface area contributed by atoms with Crippen LogP contribution in [0.1, 0.15) is 19.3 Å². The molecule has 7 heteroatoms. The molecule has 1 aromatic heterocycles. The Hall–Kier alpha value is -2.67. The van der Waals surface area contributed by atoms with Gasteiger partial charge in [0.15, 0.2) is 0 Å². The van der Waals surface area contributed by atoms with Crippen LogP contribution in [0.25, 0.3) is 0 Å². The molecule has 7 nitrogen and oxygen atoms in total. The molecule has 1 spiro atoms. The quantitative estimate of drug-likeness (QED) is 0.776. The van der Waals surface area contributed by atoms with Crippen molar-refractivity contribution in [3.8, 4) is 11.8 Å². The molecule has 0 aliphatic carbocycles. The van der Waals surface area contributed by atoms with E-state index in [1.807, 2.05) is 35.2 Å². The lowest BCUT2D eigenvalue weighted by atomic mass is 9.84. The average Bonchev–Trinajstić information content (AvgIpc) is 2.68. The number of nitrogens with zero attached hydrogens (tertiary/aromatic N) is 3. The number of para-hydroxylation sites is 1. The molecular weight excluding hydrogens is 346 g/mol. The summed E-state index contributed by atoms with van der Waals surface area (Å²) >= 11 is 0. The first kappa shape index (κ1) is 17.7. The molecule has 27 heavy (non-hydrogen) atoms. The van der Waals surface area contributed by atoms with Gasteiger partial charge >= 0.3 is 6.01 Å². The first-order valence-electron chi connectivity index (χ1n) is 9.26. The highest BCUT2D eigenvalue weighted by atomic mass is 16.5. The van der Waals surface area contributed by atoms with Crippen molar-refractivity contribution in [2.24, 2.45) is 0 Å². The van der Waals surface area contributed by atoms with E-state index in [0.29, 0.717) is 38.7 Å². The average molecular weight is 369 g/mol. The molecule has 2 aromatic rings. The van der Waals surface area contributed by atoms with Crippen LogP contribution >= 0.6 is 0 Å². The summed E-state index contributed by atoms with van der Waals surface area (Å²) in [6, 6.07) is 11.7. The standard InChI is InChI=1S/C20H23N3O4/c24-18(8-11-25-16-5-2-1-3-6-16)23-14-20(15-23)13-17(7-12-26-20)27-19-21-9-4-10-22-19/h1-6,9-10,17H,7-8,11-15H2. The van der Waals surface area contributed by atoms with Crippen molar-refractivity contribution < 1.29 is 19.0 Å². The van der Waals surface area contributed by atoms with Crippen molar-refractivity contribution in [1.29, 1.82) is 0 Å². The van der Waals surface area contributed by atoms with Gasteiger partial charge in [-0.3, -0.25) is 4.79 Å². The Morgan fingerprint density at radius 1 is 1.19 bits per heavy atom. The van der Waals surface area contributed by atoms with Crippen LogP contribution in [-0.4, -0.2) is 58.8 Å². The minimum absolute atomic E-state index is 0.0137. The normalized spacial score (nSPS) is 20.7. The zero-order chi connectivity index (χ0) is 18.5. The van der Waals surface area contributed by atoms with Gasteiger partial charge in [-0.25, -0.2) is 9.97 Å². The fraction of sp³-hybridized carbons (Fsp3) is 0.450. The number of likely N-dealkylation sites (tertiary alicyclic amines) is 1. The van der Waals surface area contributed by atoms with Gasteiger partial charge in [-0.15, -0.1) is 0 Å². The summed E-state index contributed by atoms with van der Waals surface area (Å²) < 4.78 is 17.5. The van der Waals surface area contributed by atoms with Crippen molar-refractivity contribution >= 4 is 5.91 Å². The third kappa shape index (κ3) is 4.36. The monoisotopic (exact) mass is 369 g/mol.